The van der Waals surface area contributed by atoms with Gasteiger partial charge in [-0.3, -0.25) is 9.52 Å². The number of rotatable bonds is 8. The third-order valence-electron chi connectivity index (χ3n) is 3.98. The first-order chi connectivity index (χ1) is 13.5. The number of anilines is 1. The highest BCUT2D eigenvalue weighted by Gasteiger charge is 2.20. The Bertz CT molecular complexity index is 1050. The fraction of sp³-hybridized carbons (Fsp3) is 0.158. The van der Waals surface area contributed by atoms with E-state index in [1.54, 1.807) is 42.9 Å². The topological polar surface area (TPSA) is 93.1 Å². The van der Waals surface area contributed by atoms with Crippen LogP contribution < -0.4 is 10.0 Å². The summed E-state index contributed by atoms with van der Waals surface area (Å²) >= 11 is 6.00. The van der Waals surface area contributed by atoms with Crippen molar-refractivity contribution < 1.29 is 13.2 Å². The van der Waals surface area contributed by atoms with Gasteiger partial charge in [-0.1, -0.05) is 35.9 Å². The zero-order valence-electron chi connectivity index (χ0n) is 14.9. The number of sulfonamides is 1. The smallest absolute Gasteiger partial charge is 0.263 e. The Hall–Kier alpha value is -2.84. The minimum atomic E-state index is -3.93. The van der Waals surface area contributed by atoms with Gasteiger partial charge in [0.15, 0.2) is 0 Å². The predicted molar refractivity (Wildman–Crippen MR) is 108 cm³/mol. The van der Waals surface area contributed by atoms with Gasteiger partial charge in [-0.25, -0.2) is 13.4 Å². The molecule has 0 atom stereocenters. The summed E-state index contributed by atoms with van der Waals surface area (Å²) in [4.78, 5) is 16.4. The van der Waals surface area contributed by atoms with E-state index >= 15 is 0 Å². The Kier molecular flexibility index (Phi) is 6.33. The van der Waals surface area contributed by atoms with Crippen molar-refractivity contribution in [3.63, 3.8) is 0 Å². The van der Waals surface area contributed by atoms with Gasteiger partial charge in [0.25, 0.3) is 15.9 Å². The third-order valence-corrected chi connectivity index (χ3v) is 5.85. The van der Waals surface area contributed by atoms with E-state index in [0.717, 1.165) is 13.0 Å². The van der Waals surface area contributed by atoms with Crippen LogP contribution in [-0.4, -0.2) is 30.4 Å². The average molecular weight is 419 g/mol. The number of imidazole rings is 1. The number of hydrogen-bond acceptors (Lipinski definition) is 4. The van der Waals surface area contributed by atoms with Gasteiger partial charge in [-0.05, 0) is 30.7 Å². The molecule has 2 N–H and O–H groups in total. The molecule has 1 aromatic heterocycles. The van der Waals surface area contributed by atoms with Crippen LogP contribution in [0.3, 0.4) is 0 Å². The highest BCUT2D eigenvalue weighted by atomic mass is 35.5. The number of amides is 1. The van der Waals surface area contributed by atoms with Crippen LogP contribution in [0.15, 0.2) is 72.1 Å². The first-order valence-electron chi connectivity index (χ1n) is 8.58. The molecule has 1 amide bonds. The molecule has 0 bridgehead atoms. The zero-order chi connectivity index (χ0) is 20.0. The van der Waals surface area contributed by atoms with Crippen LogP contribution in [0.25, 0.3) is 0 Å². The lowest BCUT2D eigenvalue weighted by molar-refractivity contribution is 0.0953. The first-order valence-corrected chi connectivity index (χ1v) is 10.4. The maximum Gasteiger partial charge on any atom is 0.263 e. The van der Waals surface area contributed by atoms with E-state index in [2.05, 4.69) is 15.0 Å². The molecule has 146 valence electrons. The minimum Gasteiger partial charge on any atom is -0.352 e. The average Bonchev–Trinajstić information content (AvgIpc) is 3.19. The summed E-state index contributed by atoms with van der Waals surface area (Å²) in [5.74, 6) is -0.358. The van der Waals surface area contributed by atoms with E-state index in [1.165, 1.54) is 18.2 Å². The summed E-state index contributed by atoms with van der Waals surface area (Å²) in [6.45, 7) is 1.17. The van der Waals surface area contributed by atoms with Crippen LogP contribution in [0.1, 0.15) is 16.8 Å². The van der Waals surface area contributed by atoms with Crippen molar-refractivity contribution in [1.82, 2.24) is 14.9 Å². The number of halogens is 1. The standard InChI is InChI=1S/C19H19ClN4O3S/c20-16-7-2-4-9-18(16)28(26,27)23-17-8-3-1-6-15(17)19(25)22-10-5-12-24-13-11-21-14-24/h1-4,6-9,11,13-14,23H,5,10,12H2,(H,22,25). The van der Waals surface area contributed by atoms with Crippen LogP contribution in [0.4, 0.5) is 5.69 Å². The lowest BCUT2D eigenvalue weighted by Gasteiger charge is -2.13. The number of nitrogens with one attached hydrogen (secondary N) is 2. The number of aromatic nitrogens is 2. The van der Waals surface area contributed by atoms with Crippen LogP contribution in [0.5, 0.6) is 0 Å². The number of para-hydroxylation sites is 1. The fourth-order valence-corrected chi connectivity index (χ4v) is 4.21. The van der Waals surface area contributed by atoms with Gasteiger partial charge in [0.2, 0.25) is 0 Å². The number of benzene rings is 2. The molecule has 0 aliphatic carbocycles. The molecule has 0 aliphatic rings. The third kappa shape index (κ3) is 4.90. The maximum atomic E-state index is 12.7. The van der Waals surface area contributed by atoms with Crippen LogP contribution in [0, 0.1) is 0 Å². The Morgan fingerprint density at radius 3 is 2.61 bits per heavy atom. The summed E-state index contributed by atoms with van der Waals surface area (Å²) in [5.41, 5.74) is 0.426. The molecule has 0 saturated carbocycles. The normalized spacial score (nSPS) is 11.2. The summed E-state index contributed by atoms with van der Waals surface area (Å²) in [5, 5.41) is 2.91. The van der Waals surface area contributed by atoms with Crippen LogP contribution >= 0.6 is 11.6 Å². The highest BCUT2D eigenvalue weighted by molar-refractivity contribution is 7.92. The van der Waals surface area contributed by atoms with Gasteiger partial charge >= 0.3 is 0 Å². The number of carbonyl (C=O) groups excluding carboxylic acids is 1. The minimum absolute atomic E-state index is 0.0489. The number of carbonyl (C=O) groups is 1. The number of aryl methyl sites for hydroxylation is 1. The molecule has 7 nitrogen and oxygen atoms in total. The second kappa shape index (κ2) is 8.90. The summed E-state index contributed by atoms with van der Waals surface area (Å²) in [6, 6.07) is 12.6. The second-order valence-electron chi connectivity index (χ2n) is 5.99. The summed E-state index contributed by atoms with van der Waals surface area (Å²) in [7, 11) is -3.93. The maximum absolute atomic E-state index is 12.7. The zero-order valence-corrected chi connectivity index (χ0v) is 16.4. The molecule has 0 aliphatic heterocycles. The number of hydrogen-bond donors (Lipinski definition) is 2. The van der Waals surface area contributed by atoms with E-state index in [-0.39, 0.29) is 27.1 Å². The van der Waals surface area contributed by atoms with Gasteiger partial charge in [0.1, 0.15) is 4.90 Å². The van der Waals surface area contributed by atoms with Crippen molar-refractivity contribution in [3.05, 3.63) is 77.8 Å². The molecular formula is C19H19ClN4O3S. The first kappa shape index (κ1) is 19.9. The van der Waals surface area contributed by atoms with E-state index < -0.39 is 10.0 Å². The molecule has 2 aromatic carbocycles. The Balaban J connectivity index is 1.68. The van der Waals surface area contributed by atoms with Gasteiger partial charge in [-0.15, -0.1) is 0 Å². The molecule has 0 saturated heterocycles. The van der Waals surface area contributed by atoms with E-state index in [4.69, 9.17) is 11.6 Å². The summed E-state index contributed by atoms with van der Waals surface area (Å²) < 4.78 is 29.7. The Labute approximate surface area is 168 Å². The van der Waals surface area contributed by atoms with Crippen molar-refractivity contribution in [2.24, 2.45) is 0 Å². The van der Waals surface area contributed by atoms with E-state index in [1.807, 2.05) is 10.8 Å². The van der Waals surface area contributed by atoms with Crippen LogP contribution in [0.2, 0.25) is 5.02 Å². The SMILES string of the molecule is O=C(NCCCn1ccnc1)c1ccccc1NS(=O)(=O)c1ccccc1Cl. The fourth-order valence-electron chi connectivity index (χ4n) is 2.61. The van der Waals surface area contributed by atoms with Gasteiger partial charge in [0.05, 0.1) is 22.6 Å². The Morgan fingerprint density at radius 1 is 1.11 bits per heavy atom. The van der Waals surface area contributed by atoms with Crippen molar-refractivity contribution in [2.75, 3.05) is 11.3 Å². The highest BCUT2D eigenvalue weighted by Crippen LogP contribution is 2.25. The van der Waals surface area contributed by atoms with E-state index in [9.17, 15) is 13.2 Å². The molecule has 3 aromatic rings. The van der Waals surface area contributed by atoms with Crippen molar-refractivity contribution in [3.8, 4) is 0 Å². The van der Waals surface area contributed by atoms with Crippen molar-refractivity contribution >= 4 is 33.2 Å². The largest absolute Gasteiger partial charge is 0.352 e. The van der Waals surface area contributed by atoms with Crippen LogP contribution in [-0.2, 0) is 16.6 Å². The lowest BCUT2D eigenvalue weighted by atomic mass is 10.1. The second-order valence-corrected chi connectivity index (χ2v) is 8.05. The van der Waals surface area contributed by atoms with Crippen molar-refractivity contribution in [2.45, 2.75) is 17.9 Å². The molecule has 0 fully saturated rings. The van der Waals surface area contributed by atoms with Gasteiger partial charge in [0, 0.05) is 25.5 Å². The molecule has 0 radical (unpaired) electrons. The molecular weight excluding hydrogens is 400 g/mol. The molecule has 28 heavy (non-hydrogen) atoms. The monoisotopic (exact) mass is 418 g/mol. The van der Waals surface area contributed by atoms with E-state index in [0.29, 0.717) is 6.54 Å². The molecule has 3 rings (SSSR count). The van der Waals surface area contributed by atoms with Gasteiger partial charge < -0.3 is 9.88 Å². The Morgan fingerprint density at radius 2 is 1.86 bits per heavy atom. The van der Waals surface area contributed by atoms with Crippen molar-refractivity contribution in [1.29, 1.82) is 0 Å². The molecule has 9 heteroatoms. The van der Waals surface area contributed by atoms with Gasteiger partial charge in [-0.2, -0.15) is 0 Å². The predicted octanol–water partition coefficient (Wildman–Crippen LogP) is 3.16. The number of nitrogens with zero attached hydrogens (tertiary/aromatic N) is 2. The molecule has 0 unspecified atom stereocenters. The quantitative estimate of drug-likeness (QED) is 0.549. The molecule has 0 spiro atoms. The molecule has 1 heterocycles. The lowest BCUT2D eigenvalue weighted by Crippen LogP contribution is -2.26. The summed E-state index contributed by atoms with van der Waals surface area (Å²) in [6.07, 6.45) is 5.97.